The number of hydrogen-bond acceptors (Lipinski definition) is 3. The van der Waals surface area contributed by atoms with E-state index in [0.29, 0.717) is 12.0 Å². The molecule has 76 valence electrons. The van der Waals surface area contributed by atoms with E-state index < -0.39 is 0 Å². The Balaban J connectivity index is 2.90. The lowest BCUT2D eigenvalue weighted by atomic mass is 10.0. The van der Waals surface area contributed by atoms with Crippen LogP contribution in [-0.4, -0.2) is 16.6 Å². The lowest BCUT2D eigenvalue weighted by molar-refractivity contribution is -0.385. The van der Waals surface area contributed by atoms with Crippen molar-refractivity contribution in [3.8, 4) is 0 Å². The van der Waals surface area contributed by atoms with Crippen molar-refractivity contribution in [3.05, 3.63) is 39.9 Å². The number of benzene rings is 1. The van der Waals surface area contributed by atoms with Crippen molar-refractivity contribution in [1.29, 1.82) is 0 Å². The van der Waals surface area contributed by atoms with Crippen LogP contribution in [0.1, 0.15) is 12.5 Å². The fraction of sp³-hybridized carbons (Fsp3) is 0.400. The number of rotatable bonds is 4. The molecule has 1 unspecified atom stereocenters. The topological polar surface area (TPSA) is 63.4 Å². The van der Waals surface area contributed by atoms with Crippen molar-refractivity contribution < 1.29 is 10.0 Å². The average Bonchev–Trinajstić information content (AvgIpc) is 2.18. The maximum Gasteiger partial charge on any atom is 0.272 e. The molecule has 0 aromatic heterocycles. The molecule has 0 amide bonds. The Bertz CT molecular complexity index is 325. The molecular formula is C10H13NO3. The smallest absolute Gasteiger partial charge is 0.272 e. The Hall–Kier alpha value is -1.42. The predicted octanol–water partition coefficient (Wildman–Crippen LogP) is 1.77. The Labute approximate surface area is 82.3 Å². The molecule has 1 atom stereocenters. The number of para-hydroxylation sites is 1. The first kappa shape index (κ1) is 10.7. The van der Waals surface area contributed by atoms with Crippen LogP contribution in [0.2, 0.25) is 0 Å². The first-order valence-corrected chi connectivity index (χ1v) is 4.48. The van der Waals surface area contributed by atoms with E-state index in [4.69, 9.17) is 5.11 Å². The second-order valence-corrected chi connectivity index (χ2v) is 3.38. The maximum absolute atomic E-state index is 10.6. The van der Waals surface area contributed by atoms with Crippen molar-refractivity contribution >= 4 is 5.69 Å². The largest absolute Gasteiger partial charge is 0.396 e. The van der Waals surface area contributed by atoms with Gasteiger partial charge in [-0.15, -0.1) is 0 Å². The molecule has 1 N–H and O–H groups in total. The zero-order chi connectivity index (χ0) is 10.6. The van der Waals surface area contributed by atoms with E-state index in [1.54, 1.807) is 18.2 Å². The summed E-state index contributed by atoms with van der Waals surface area (Å²) in [4.78, 5) is 10.2. The summed E-state index contributed by atoms with van der Waals surface area (Å²) in [5, 5.41) is 19.5. The normalized spacial score (nSPS) is 12.4. The van der Waals surface area contributed by atoms with Gasteiger partial charge in [0, 0.05) is 18.2 Å². The Morgan fingerprint density at radius 1 is 1.50 bits per heavy atom. The first-order chi connectivity index (χ1) is 6.65. The van der Waals surface area contributed by atoms with Crippen LogP contribution in [0.25, 0.3) is 0 Å². The van der Waals surface area contributed by atoms with Gasteiger partial charge in [0.2, 0.25) is 0 Å². The second kappa shape index (κ2) is 4.72. The molecule has 1 rings (SSSR count). The molecule has 0 bridgehead atoms. The molecule has 0 heterocycles. The van der Waals surface area contributed by atoms with Crippen LogP contribution in [0.15, 0.2) is 24.3 Å². The second-order valence-electron chi connectivity index (χ2n) is 3.38. The van der Waals surface area contributed by atoms with Crippen LogP contribution < -0.4 is 0 Å². The van der Waals surface area contributed by atoms with Crippen LogP contribution in [0, 0.1) is 16.0 Å². The molecule has 0 fully saturated rings. The van der Waals surface area contributed by atoms with Gasteiger partial charge < -0.3 is 5.11 Å². The van der Waals surface area contributed by atoms with E-state index >= 15 is 0 Å². The third-order valence-corrected chi connectivity index (χ3v) is 2.07. The number of aliphatic hydroxyl groups is 1. The molecule has 4 heteroatoms. The highest BCUT2D eigenvalue weighted by Gasteiger charge is 2.14. The third-order valence-electron chi connectivity index (χ3n) is 2.07. The van der Waals surface area contributed by atoms with Gasteiger partial charge >= 0.3 is 0 Å². The van der Waals surface area contributed by atoms with Crippen LogP contribution in [0.3, 0.4) is 0 Å². The van der Waals surface area contributed by atoms with Gasteiger partial charge in [-0.3, -0.25) is 10.1 Å². The van der Waals surface area contributed by atoms with Crippen molar-refractivity contribution in [2.24, 2.45) is 5.92 Å². The molecule has 0 radical (unpaired) electrons. The summed E-state index contributed by atoms with van der Waals surface area (Å²) in [5.41, 5.74) is 0.812. The molecule has 1 aromatic carbocycles. The summed E-state index contributed by atoms with van der Waals surface area (Å²) >= 11 is 0. The molecule has 14 heavy (non-hydrogen) atoms. The van der Waals surface area contributed by atoms with Gasteiger partial charge in [-0.25, -0.2) is 0 Å². The highest BCUT2D eigenvalue weighted by molar-refractivity contribution is 5.39. The minimum atomic E-state index is -0.389. The molecule has 0 spiro atoms. The summed E-state index contributed by atoms with van der Waals surface area (Å²) in [6.07, 6.45) is 0.535. The Morgan fingerprint density at radius 2 is 2.14 bits per heavy atom. The van der Waals surface area contributed by atoms with Gasteiger partial charge in [-0.05, 0) is 12.3 Å². The Kier molecular flexibility index (Phi) is 3.59. The van der Waals surface area contributed by atoms with Gasteiger partial charge in [-0.2, -0.15) is 0 Å². The van der Waals surface area contributed by atoms with E-state index in [0.717, 1.165) is 0 Å². The monoisotopic (exact) mass is 195 g/mol. The zero-order valence-corrected chi connectivity index (χ0v) is 8.01. The van der Waals surface area contributed by atoms with Crippen molar-refractivity contribution in [3.63, 3.8) is 0 Å². The number of hydrogen-bond donors (Lipinski definition) is 1. The summed E-state index contributed by atoms with van der Waals surface area (Å²) < 4.78 is 0. The fourth-order valence-electron chi connectivity index (χ4n) is 1.30. The molecule has 0 aliphatic heterocycles. The number of nitro groups is 1. The van der Waals surface area contributed by atoms with Crippen molar-refractivity contribution in [2.75, 3.05) is 6.61 Å². The average molecular weight is 195 g/mol. The maximum atomic E-state index is 10.6. The SMILES string of the molecule is CC(CO)Cc1ccccc1[N+](=O)[O-]. The van der Waals surface area contributed by atoms with Gasteiger partial charge in [-0.1, -0.05) is 25.1 Å². The third kappa shape index (κ3) is 2.53. The minimum Gasteiger partial charge on any atom is -0.396 e. The number of nitro benzene ring substituents is 1. The van der Waals surface area contributed by atoms with Crippen LogP contribution in [0.5, 0.6) is 0 Å². The molecule has 0 aliphatic rings. The molecule has 0 saturated heterocycles. The zero-order valence-electron chi connectivity index (χ0n) is 8.01. The molecule has 0 aliphatic carbocycles. The Morgan fingerprint density at radius 3 is 2.71 bits per heavy atom. The van der Waals surface area contributed by atoms with Crippen molar-refractivity contribution in [2.45, 2.75) is 13.3 Å². The van der Waals surface area contributed by atoms with E-state index in [1.165, 1.54) is 6.07 Å². The highest BCUT2D eigenvalue weighted by Crippen LogP contribution is 2.20. The minimum absolute atomic E-state index is 0.0477. The lowest BCUT2D eigenvalue weighted by Crippen LogP contribution is -2.06. The molecule has 4 nitrogen and oxygen atoms in total. The quantitative estimate of drug-likeness (QED) is 0.588. The molecular weight excluding hydrogens is 182 g/mol. The highest BCUT2D eigenvalue weighted by atomic mass is 16.6. The van der Waals surface area contributed by atoms with E-state index in [-0.39, 0.29) is 23.1 Å². The van der Waals surface area contributed by atoms with Crippen molar-refractivity contribution in [1.82, 2.24) is 0 Å². The predicted molar refractivity (Wildman–Crippen MR) is 53.1 cm³/mol. The van der Waals surface area contributed by atoms with Gasteiger partial charge in [0.1, 0.15) is 0 Å². The summed E-state index contributed by atoms with van der Waals surface area (Å²) in [5.74, 6) is 0.0519. The first-order valence-electron chi connectivity index (χ1n) is 4.48. The van der Waals surface area contributed by atoms with E-state index in [9.17, 15) is 10.1 Å². The van der Waals surface area contributed by atoms with Gasteiger partial charge in [0.05, 0.1) is 4.92 Å². The molecule has 1 aromatic rings. The summed E-state index contributed by atoms with van der Waals surface area (Å²) in [7, 11) is 0. The number of nitrogens with zero attached hydrogens (tertiary/aromatic N) is 1. The fourth-order valence-corrected chi connectivity index (χ4v) is 1.30. The van der Waals surface area contributed by atoms with Gasteiger partial charge in [0.15, 0.2) is 0 Å². The standard InChI is InChI=1S/C10H13NO3/c1-8(7-12)6-9-4-2-3-5-10(9)11(13)14/h2-5,8,12H,6-7H2,1H3. The van der Waals surface area contributed by atoms with E-state index in [2.05, 4.69) is 0 Å². The van der Waals surface area contributed by atoms with E-state index in [1.807, 2.05) is 6.92 Å². The molecule has 0 saturated carbocycles. The summed E-state index contributed by atoms with van der Waals surface area (Å²) in [6.45, 7) is 1.91. The van der Waals surface area contributed by atoms with Crippen LogP contribution >= 0.6 is 0 Å². The lowest BCUT2D eigenvalue weighted by Gasteiger charge is -2.07. The summed E-state index contributed by atoms with van der Waals surface area (Å²) in [6, 6.07) is 6.63. The number of aliphatic hydroxyl groups excluding tert-OH is 1. The van der Waals surface area contributed by atoms with Gasteiger partial charge in [0.25, 0.3) is 5.69 Å². The van der Waals surface area contributed by atoms with Crippen LogP contribution in [0.4, 0.5) is 5.69 Å². The van der Waals surface area contributed by atoms with Crippen LogP contribution in [-0.2, 0) is 6.42 Å².